The molecule has 0 bridgehead atoms. The predicted molar refractivity (Wildman–Crippen MR) is 69.8 cm³/mol. The molecule has 2 aromatic rings. The van der Waals surface area contributed by atoms with Gasteiger partial charge in [-0.15, -0.1) is 0 Å². The van der Waals surface area contributed by atoms with Gasteiger partial charge in [-0.25, -0.2) is 0 Å². The van der Waals surface area contributed by atoms with Crippen molar-refractivity contribution in [2.24, 2.45) is 0 Å². The second-order valence-electron chi connectivity index (χ2n) is 4.20. The van der Waals surface area contributed by atoms with Crippen LogP contribution in [0.5, 0.6) is 0 Å². The highest BCUT2D eigenvalue weighted by atomic mass is 79.9. The van der Waals surface area contributed by atoms with Gasteiger partial charge < -0.3 is 9.84 Å². The standard InChI is InChI=1S/C13H13BrN2O/c1-2-15-7-12-11-6-8-5-9(14)3-4-10(8)13(11)17-16-12/h3-5,15H,2,6-7H2,1H3. The summed E-state index contributed by atoms with van der Waals surface area (Å²) in [5.41, 5.74) is 4.76. The molecule has 1 aliphatic rings. The Kier molecular flexibility index (Phi) is 2.76. The summed E-state index contributed by atoms with van der Waals surface area (Å²) < 4.78 is 6.58. The van der Waals surface area contributed by atoms with Gasteiger partial charge in [0.25, 0.3) is 0 Å². The van der Waals surface area contributed by atoms with E-state index in [9.17, 15) is 0 Å². The minimum Gasteiger partial charge on any atom is -0.356 e. The van der Waals surface area contributed by atoms with Crippen LogP contribution in [0.2, 0.25) is 0 Å². The summed E-state index contributed by atoms with van der Waals surface area (Å²) >= 11 is 3.50. The molecule has 1 aromatic carbocycles. The molecule has 0 radical (unpaired) electrons. The molecule has 3 nitrogen and oxygen atoms in total. The molecule has 3 rings (SSSR count). The van der Waals surface area contributed by atoms with Gasteiger partial charge in [0.05, 0.1) is 0 Å². The van der Waals surface area contributed by atoms with E-state index < -0.39 is 0 Å². The zero-order chi connectivity index (χ0) is 11.8. The van der Waals surface area contributed by atoms with Crippen LogP contribution in [0, 0.1) is 0 Å². The lowest BCUT2D eigenvalue weighted by Gasteiger charge is -2.00. The lowest BCUT2D eigenvalue weighted by molar-refractivity contribution is 0.420. The van der Waals surface area contributed by atoms with Crippen molar-refractivity contribution in [2.45, 2.75) is 19.9 Å². The minimum atomic E-state index is 0.782. The molecular formula is C13H13BrN2O. The summed E-state index contributed by atoms with van der Waals surface area (Å²) in [4.78, 5) is 0. The van der Waals surface area contributed by atoms with E-state index in [0.717, 1.165) is 35.4 Å². The smallest absolute Gasteiger partial charge is 0.170 e. The summed E-state index contributed by atoms with van der Waals surface area (Å²) in [5, 5.41) is 7.43. The third-order valence-corrected chi connectivity index (χ3v) is 3.58. The van der Waals surface area contributed by atoms with Gasteiger partial charge in [-0.2, -0.15) is 0 Å². The van der Waals surface area contributed by atoms with Gasteiger partial charge in [0.1, 0.15) is 5.69 Å². The fourth-order valence-corrected chi connectivity index (χ4v) is 2.65. The molecule has 0 unspecified atom stereocenters. The lowest BCUT2D eigenvalue weighted by atomic mass is 10.1. The van der Waals surface area contributed by atoms with Crippen LogP contribution in [0.1, 0.15) is 23.7 Å². The third kappa shape index (κ3) is 1.81. The van der Waals surface area contributed by atoms with Crippen LogP contribution in [0.25, 0.3) is 11.3 Å². The Morgan fingerprint density at radius 2 is 2.35 bits per heavy atom. The minimum absolute atomic E-state index is 0.782. The summed E-state index contributed by atoms with van der Waals surface area (Å²) in [6, 6.07) is 6.29. The van der Waals surface area contributed by atoms with Crippen molar-refractivity contribution in [3.05, 3.63) is 39.5 Å². The van der Waals surface area contributed by atoms with Crippen LogP contribution in [-0.4, -0.2) is 11.7 Å². The van der Waals surface area contributed by atoms with E-state index in [-0.39, 0.29) is 0 Å². The molecule has 0 atom stereocenters. The predicted octanol–water partition coefficient (Wildman–Crippen LogP) is 3.12. The molecule has 1 N–H and O–H groups in total. The number of fused-ring (bicyclic) bond motifs is 3. The zero-order valence-corrected chi connectivity index (χ0v) is 11.2. The van der Waals surface area contributed by atoms with E-state index in [1.54, 1.807) is 0 Å². The van der Waals surface area contributed by atoms with Gasteiger partial charge in [0, 0.05) is 28.6 Å². The van der Waals surface area contributed by atoms with E-state index in [2.05, 4.69) is 45.5 Å². The topological polar surface area (TPSA) is 38.1 Å². The molecule has 1 heterocycles. The van der Waals surface area contributed by atoms with E-state index in [4.69, 9.17) is 4.52 Å². The monoisotopic (exact) mass is 292 g/mol. The van der Waals surface area contributed by atoms with Crippen molar-refractivity contribution in [3.8, 4) is 11.3 Å². The molecule has 0 fully saturated rings. The molecule has 0 saturated heterocycles. The SMILES string of the molecule is CCNCc1noc2c1Cc1cc(Br)ccc1-2. The Bertz CT molecular complexity index is 563. The fraction of sp³-hybridized carbons (Fsp3) is 0.308. The van der Waals surface area contributed by atoms with Gasteiger partial charge >= 0.3 is 0 Å². The Balaban J connectivity index is 1.99. The number of halogens is 1. The Labute approximate surface area is 108 Å². The molecule has 1 aromatic heterocycles. The van der Waals surface area contributed by atoms with Crippen LogP contribution < -0.4 is 5.32 Å². The second kappa shape index (κ2) is 4.27. The first-order chi connectivity index (χ1) is 8.29. The number of aromatic nitrogens is 1. The Morgan fingerprint density at radius 1 is 1.47 bits per heavy atom. The molecule has 4 heteroatoms. The van der Waals surface area contributed by atoms with Crippen LogP contribution in [0.3, 0.4) is 0 Å². The van der Waals surface area contributed by atoms with Crippen molar-refractivity contribution in [1.29, 1.82) is 0 Å². The average Bonchev–Trinajstić information content (AvgIpc) is 2.84. The largest absolute Gasteiger partial charge is 0.356 e. The molecule has 88 valence electrons. The first-order valence-corrected chi connectivity index (χ1v) is 6.56. The summed E-state index contributed by atoms with van der Waals surface area (Å²) in [6.07, 6.45) is 0.925. The number of nitrogens with one attached hydrogen (secondary N) is 1. The van der Waals surface area contributed by atoms with Crippen LogP contribution in [0.4, 0.5) is 0 Å². The number of hydrogen-bond donors (Lipinski definition) is 1. The average molecular weight is 293 g/mol. The van der Waals surface area contributed by atoms with E-state index in [1.165, 1.54) is 16.7 Å². The van der Waals surface area contributed by atoms with Crippen molar-refractivity contribution >= 4 is 15.9 Å². The summed E-state index contributed by atoms with van der Waals surface area (Å²) in [7, 11) is 0. The number of benzene rings is 1. The molecule has 0 spiro atoms. The van der Waals surface area contributed by atoms with Gasteiger partial charge in [0.15, 0.2) is 5.76 Å². The number of rotatable bonds is 3. The molecule has 0 saturated carbocycles. The second-order valence-corrected chi connectivity index (χ2v) is 5.11. The summed E-state index contributed by atoms with van der Waals surface area (Å²) in [6.45, 7) is 3.82. The van der Waals surface area contributed by atoms with E-state index in [1.807, 2.05) is 6.07 Å². The fourth-order valence-electron chi connectivity index (χ4n) is 2.24. The Morgan fingerprint density at radius 3 is 3.18 bits per heavy atom. The first-order valence-electron chi connectivity index (χ1n) is 5.76. The molecule has 0 aliphatic heterocycles. The highest BCUT2D eigenvalue weighted by molar-refractivity contribution is 9.10. The highest BCUT2D eigenvalue weighted by Gasteiger charge is 2.26. The van der Waals surface area contributed by atoms with E-state index in [0.29, 0.717) is 0 Å². The van der Waals surface area contributed by atoms with Gasteiger partial charge in [-0.3, -0.25) is 0 Å². The maximum atomic E-state index is 5.47. The van der Waals surface area contributed by atoms with Crippen molar-refractivity contribution < 1.29 is 4.52 Å². The molecule has 0 amide bonds. The summed E-state index contributed by atoms with van der Waals surface area (Å²) in [5.74, 6) is 0.945. The van der Waals surface area contributed by atoms with E-state index >= 15 is 0 Å². The van der Waals surface area contributed by atoms with Crippen molar-refractivity contribution in [2.75, 3.05) is 6.54 Å². The zero-order valence-electron chi connectivity index (χ0n) is 9.59. The van der Waals surface area contributed by atoms with Crippen LogP contribution in [-0.2, 0) is 13.0 Å². The quantitative estimate of drug-likeness (QED) is 0.806. The lowest BCUT2D eigenvalue weighted by Crippen LogP contribution is -2.13. The van der Waals surface area contributed by atoms with Crippen LogP contribution >= 0.6 is 15.9 Å². The number of nitrogens with zero attached hydrogens (tertiary/aromatic N) is 1. The molecule has 17 heavy (non-hydrogen) atoms. The molecular weight excluding hydrogens is 280 g/mol. The van der Waals surface area contributed by atoms with Crippen molar-refractivity contribution in [3.63, 3.8) is 0 Å². The molecule has 1 aliphatic carbocycles. The number of hydrogen-bond acceptors (Lipinski definition) is 3. The maximum absolute atomic E-state index is 5.47. The first kappa shape index (κ1) is 11.0. The van der Waals surface area contributed by atoms with Crippen molar-refractivity contribution in [1.82, 2.24) is 10.5 Å². The normalized spacial score (nSPS) is 12.6. The highest BCUT2D eigenvalue weighted by Crippen LogP contribution is 2.39. The Hall–Kier alpha value is -1.13. The van der Waals surface area contributed by atoms with Gasteiger partial charge in [-0.1, -0.05) is 28.0 Å². The third-order valence-electron chi connectivity index (χ3n) is 3.09. The maximum Gasteiger partial charge on any atom is 0.170 e. The van der Waals surface area contributed by atoms with Gasteiger partial charge in [0.2, 0.25) is 0 Å². The van der Waals surface area contributed by atoms with Gasteiger partial charge in [-0.05, 0) is 30.3 Å². The van der Waals surface area contributed by atoms with Crippen LogP contribution in [0.15, 0.2) is 27.2 Å².